The lowest BCUT2D eigenvalue weighted by atomic mass is 9.95. The zero-order valence-corrected chi connectivity index (χ0v) is 22.3. The third kappa shape index (κ3) is 6.76. The van der Waals surface area contributed by atoms with Gasteiger partial charge in [0.25, 0.3) is 5.91 Å². The molecule has 5 rings (SSSR count). The molecule has 1 N–H and O–H groups in total. The third-order valence-electron chi connectivity index (χ3n) is 6.82. The van der Waals surface area contributed by atoms with Crippen molar-refractivity contribution in [3.05, 3.63) is 107 Å². The lowest BCUT2D eigenvalue weighted by Gasteiger charge is -2.22. The highest BCUT2D eigenvalue weighted by Crippen LogP contribution is 2.28. The normalized spacial score (nSPS) is 14.0. The van der Waals surface area contributed by atoms with Crippen LogP contribution < -0.4 is 10.1 Å². The number of nitrogens with zero attached hydrogens (tertiary/aromatic N) is 3. The van der Waals surface area contributed by atoms with E-state index in [-0.39, 0.29) is 17.5 Å². The van der Waals surface area contributed by atoms with Crippen molar-refractivity contribution in [2.75, 3.05) is 0 Å². The highest BCUT2D eigenvalue weighted by Gasteiger charge is 2.20. The van der Waals surface area contributed by atoms with Gasteiger partial charge in [-0.25, -0.2) is 4.68 Å². The van der Waals surface area contributed by atoms with E-state index >= 15 is 0 Å². The summed E-state index contributed by atoms with van der Waals surface area (Å²) in [4.78, 5) is 13.0. The Kier molecular flexibility index (Phi) is 8.40. The summed E-state index contributed by atoms with van der Waals surface area (Å²) in [6, 6.07) is 27.1. The van der Waals surface area contributed by atoms with Gasteiger partial charge in [0.2, 0.25) is 0 Å². The van der Waals surface area contributed by atoms with Gasteiger partial charge < -0.3 is 10.1 Å². The fraction of sp³-hybridized carbons (Fsp3) is 0.219. The van der Waals surface area contributed by atoms with Crippen LogP contribution >= 0.6 is 11.6 Å². The number of nitrogens with one attached hydrogen (secondary N) is 1. The molecule has 0 saturated heterocycles. The second-order valence-electron chi connectivity index (χ2n) is 9.63. The first-order chi connectivity index (χ1) is 19.1. The summed E-state index contributed by atoms with van der Waals surface area (Å²) in [7, 11) is 0. The number of hydrogen-bond donors (Lipinski definition) is 1. The van der Waals surface area contributed by atoms with E-state index in [9.17, 15) is 10.1 Å². The quantitative estimate of drug-likeness (QED) is 0.192. The molecule has 0 bridgehead atoms. The maximum absolute atomic E-state index is 13.0. The fourth-order valence-corrected chi connectivity index (χ4v) is 4.83. The van der Waals surface area contributed by atoms with Crippen molar-refractivity contribution in [2.24, 2.45) is 0 Å². The van der Waals surface area contributed by atoms with E-state index in [4.69, 9.17) is 21.4 Å². The van der Waals surface area contributed by atoms with Gasteiger partial charge in [-0.1, -0.05) is 61.2 Å². The number of benzene rings is 3. The molecule has 0 atom stereocenters. The Morgan fingerprint density at radius 3 is 2.44 bits per heavy atom. The van der Waals surface area contributed by atoms with Crippen LogP contribution in [-0.2, 0) is 11.4 Å². The molecule has 0 unspecified atom stereocenters. The highest BCUT2D eigenvalue weighted by molar-refractivity contribution is 6.30. The number of ether oxygens (including phenoxy) is 1. The first-order valence-electron chi connectivity index (χ1n) is 13.1. The smallest absolute Gasteiger partial charge is 0.262 e. The van der Waals surface area contributed by atoms with Gasteiger partial charge in [-0.05, 0) is 73.0 Å². The number of halogens is 1. The van der Waals surface area contributed by atoms with E-state index in [1.165, 1.54) is 6.42 Å². The second kappa shape index (κ2) is 12.5. The Balaban J connectivity index is 1.41. The van der Waals surface area contributed by atoms with E-state index in [2.05, 4.69) is 11.4 Å². The molecule has 39 heavy (non-hydrogen) atoms. The van der Waals surface area contributed by atoms with Gasteiger partial charge >= 0.3 is 0 Å². The van der Waals surface area contributed by atoms with Gasteiger partial charge in [-0.3, -0.25) is 4.79 Å². The van der Waals surface area contributed by atoms with E-state index in [0.717, 1.165) is 48.2 Å². The van der Waals surface area contributed by atoms with Crippen molar-refractivity contribution in [1.29, 1.82) is 5.26 Å². The monoisotopic (exact) mass is 536 g/mol. The molecule has 4 aromatic rings. The van der Waals surface area contributed by atoms with Crippen LogP contribution in [0.5, 0.6) is 5.75 Å². The predicted octanol–water partition coefficient (Wildman–Crippen LogP) is 7.13. The topological polar surface area (TPSA) is 79.9 Å². The van der Waals surface area contributed by atoms with Crippen LogP contribution in [0.2, 0.25) is 5.02 Å². The Morgan fingerprint density at radius 1 is 1.03 bits per heavy atom. The summed E-state index contributed by atoms with van der Waals surface area (Å²) in [5.41, 5.74) is 4.17. The number of aromatic nitrogens is 2. The van der Waals surface area contributed by atoms with Crippen molar-refractivity contribution in [1.82, 2.24) is 15.1 Å². The molecule has 1 amide bonds. The molecule has 1 saturated carbocycles. The number of nitriles is 1. The Morgan fingerprint density at radius 2 is 1.74 bits per heavy atom. The summed E-state index contributed by atoms with van der Waals surface area (Å²) in [5, 5.41) is 18.4. The van der Waals surface area contributed by atoms with Crippen LogP contribution in [0.4, 0.5) is 0 Å². The van der Waals surface area contributed by atoms with E-state index in [1.54, 1.807) is 10.8 Å². The minimum Gasteiger partial charge on any atom is -0.489 e. The minimum atomic E-state index is -0.339. The van der Waals surface area contributed by atoms with Gasteiger partial charge in [0, 0.05) is 28.4 Å². The molecule has 6 nitrogen and oxygen atoms in total. The summed E-state index contributed by atoms with van der Waals surface area (Å²) < 4.78 is 7.70. The molecular formula is C32H29ClN4O2. The maximum Gasteiger partial charge on any atom is 0.262 e. The lowest BCUT2D eigenvalue weighted by Crippen LogP contribution is -2.36. The van der Waals surface area contributed by atoms with Crippen LogP contribution in [0, 0.1) is 11.3 Å². The molecule has 196 valence electrons. The number of para-hydroxylation sites is 1. The van der Waals surface area contributed by atoms with Gasteiger partial charge in [-0.15, -0.1) is 0 Å². The third-order valence-corrected chi connectivity index (χ3v) is 7.07. The number of rotatable bonds is 8. The van der Waals surface area contributed by atoms with Crippen molar-refractivity contribution in [3.8, 4) is 28.8 Å². The lowest BCUT2D eigenvalue weighted by molar-refractivity contribution is -0.117. The van der Waals surface area contributed by atoms with Crippen molar-refractivity contribution in [2.45, 2.75) is 44.8 Å². The largest absolute Gasteiger partial charge is 0.489 e. The molecule has 0 spiro atoms. The number of hydrogen-bond acceptors (Lipinski definition) is 4. The predicted molar refractivity (Wildman–Crippen MR) is 153 cm³/mol. The molecule has 7 heteroatoms. The molecule has 0 aliphatic heterocycles. The van der Waals surface area contributed by atoms with Crippen molar-refractivity contribution >= 4 is 23.6 Å². The SMILES string of the molecule is N#C/C(=C/c1cn(-c2ccccc2)nc1-c1ccc(OCc2ccc(Cl)cc2)cc1)C(=O)NC1CCCCC1. The summed E-state index contributed by atoms with van der Waals surface area (Å²) in [6.45, 7) is 0.425. The van der Waals surface area contributed by atoms with Gasteiger partial charge in [0.05, 0.1) is 11.4 Å². The minimum absolute atomic E-state index is 0.0670. The molecule has 1 heterocycles. The molecule has 3 aromatic carbocycles. The highest BCUT2D eigenvalue weighted by atomic mass is 35.5. The Hall–Kier alpha value is -4.34. The second-order valence-corrected chi connectivity index (χ2v) is 10.1. The molecule has 1 fully saturated rings. The average Bonchev–Trinajstić information content (AvgIpc) is 3.40. The zero-order valence-electron chi connectivity index (χ0n) is 21.5. The summed E-state index contributed by atoms with van der Waals surface area (Å²) in [5.74, 6) is 0.381. The van der Waals surface area contributed by atoms with Crippen LogP contribution in [0.3, 0.4) is 0 Å². The maximum atomic E-state index is 13.0. The van der Waals surface area contributed by atoms with Crippen molar-refractivity contribution < 1.29 is 9.53 Å². The molecule has 1 aliphatic rings. The molecular weight excluding hydrogens is 508 g/mol. The first-order valence-corrected chi connectivity index (χ1v) is 13.5. The first kappa shape index (κ1) is 26.3. The van der Waals surface area contributed by atoms with Crippen LogP contribution in [-0.4, -0.2) is 21.7 Å². The van der Waals surface area contributed by atoms with Gasteiger partial charge in [0.1, 0.15) is 24.0 Å². The summed E-state index contributed by atoms with van der Waals surface area (Å²) >= 11 is 5.97. The Labute approximate surface area is 233 Å². The van der Waals surface area contributed by atoms with E-state index < -0.39 is 0 Å². The fourth-order valence-electron chi connectivity index (χ4n) is 4.70. The number of carbonyl (C=O) groups excluding carboxylic acids is 1. The summed E-state index contributed by atoms with van der Waals surface area (Å²) in [6.07, 6.45) is 8.78. The average molecular weight is 537 g/mol. The molecule has 0 radical (unpaired) electrons. The van der Waals surface area contributed by atoms with Gasteiger partial charge in [-0.2, -0.15) is 10.4 Å². The zero-order chi connectivity index (χ0) is 27.0. The molecule has 1 aliphatic carbocycles. The van der Waals surface area contributed by atoms with Gasteiger partial charge in [0.15, 0.2) is 0 Å². The Bertz CT molecular complexity index is 1480. The van der Waals surface area contributed by atoms with E-state index in [1.807, 2.05) is 85.1 Å². The number of amides is 1. The van der Waals surface area contributed by atoms with Crippen LogP contribution in [0.25, 0.3) is 23.0 Å². The van der Waals surface area contributed by atoms with Crippen molar-refractivity contribution in [3.63, 3.8) is 0 Å². The standard InChI is InChI=1S/C32H29ClN4O2/c33-27-15-11-23(12-16-27)22-39-30-17-13-24(14-18-30)31-26(21-37(36-31)29-9-5-2-6-10-29)19-25(20-34)32(38)35-28-7-3-1-4-8-28/h2,5-6,9-19,21,28H,1,3-4,7-8,22H2,(H,35,38)/b25-19-. The van der Waals surface area contributed by atoms with Crippen LogP contribution in [0.1, 0.15) is 43.2 Å². The van der Waals surface area contributed by atoms with E-state index in [0.29, 0.717) is 22.9 Å². The number of carbonyl (C=O) groups is 1. The van der Waals surface area contributed by atoms with Crippen LogP contribution in [0.15, 0.2) is 90.6 Å². The molecule has 1 aromatic heterocycles.